The summed E-state index contributed by atoms with van der Waals surface area (Å²) < 4.78 is 0. The van der Waals surface area contributed by atoms with Gasteiger partial charge in [0.1, 0.15) is 0 Å². The van der Waals surface area contributed by atoms with Crippen molar-refractivity contribution in [2.75, 3.05) is 28.3 Å². The van der Waals surface area contributed by atoms with Gasteiger partial charge < -0.3 is 20.9 Å². The molecule has 5 rings (SSSR count). The molecule has 3 aromatic rings. The van der Waals surface area contributed by atoms with Crippen LogP contribution in [0.15, 0.2) is 71.6 Å². The molecule has 2 aliphatic rings. The van der Waals surface area contributed by atoms with Crippen LogP contribution in [0.3, 0.4) is 0 Å². The van der Waals surface area contributed by atoms with Crippen molar-refractivity contribution in [3.63, 3.8) is 0 Å². The minimum Gasteiger partial charge on any atom is -0.366 e. The maximum absolute atomic E-state index is 13.1. The van der Waals surface area contributed by atoms with E-state index in [0.717, 1.165) is 42.9 Å². The van der Waals surface area contributed by atoms with Crippen molar-refractivity contribution in [3.05, 3.63) is 83.4 Å². The summed E-state index contributed by atoms with van der Waals surface area (Å²) in [5.74, 6) is -0.0897. The van der Waals surface area contributed by atoms with E-state index in [4.69, 9.17) is 0 Å². The van der Waals surface area contributed by atoms with Crippen molar-refractivity contribution < 1.29 is 9.59 Å². The first kappa shape index (κ1) is 22.3. The van der Waals surface area contributed by atoms with E-state index in [2.05, 4.69) is 45.1 Å². The van der Waals surface area contributed by atoms with E-state index in [-0.39, 0.29) is 18.0 Å². The van der Waals surface area contributed by atoms with E-state index < -0.39 is 0 Å². The lowest BCUT2D eigenvalue weighted by molar-refractivity contribution is 0.0951. The molecule has 3 amide bonds. The largest absolute Gasteiger partial charge is 0.366 e. The van der Waals surface area contributed by atoms with E-state index in [1.807, 2.05) is 42.7 Å². The van der Waals surface area contributed by atoms with Crippen LogP contribution in [0.25, 0.3) is 0 Å². The van der Waals surface area contributed by atoms with E-state index in [0.29, 0.717) is 16.9 Å². The Morgan fingerprint density at radius 1 is 0.912 bits per heavy atom. The van der Waals surface area contributed by atoms with Gasteiger partial charge in [-0.25, -0.2) is 4.79 Å². The maximum Gasteiger partial charge on any atom is 0.323 e. The van der Waals surface area contributed by atoms with Crippen LogP contribution in [0.2, 0.25) is 0 Å². The molecule has 1 heterocycles. The number of rotatable bonds is 6. The number of nitrogens with one attached hydrogen (secondary N) is 3. The zero-order valence-electron chi connectivity index (χ0n) is 19.1. The number of urea groups is 1. The van der Waals surface area contributed by atoms with Crippen molar-refractivity contribution >= 4 is 40.8 Å². The van der Waals surface area contributed by atoms with Gasteiger partial charge in [-0.1, -0.05) is 24.3 Å². The van der Waals surface area contributed by atoms with Crippen molar-refractivity contribution in [1.29, 1.82) is 0 Å². The van der Waals surface area contributed by atoms with Gasteiger partial charge in [-0.3, -0.25) is 4.79 Å². The van der Waals surface area contributed by atoms with Gasteiger partial charge in [0.25, 0.3) is 5.91 Å². The molecule has 0 saturated heterocycles. The number of fused-ring (bicyclic) bond motifs is 1. The molecule has 0 aromatic heterocycles. The molecule has 0 radical (unpaired) electrons. The first-order chi connectivity index (χ1) is 16.6. The molecule has 1 fully saturated rings. The Balaban J connectivity index is 1.35. The third-order valence-corrected chi connectivity index (χ3v) is 6.97. The Labute approximate surface area is 204 Å². The molecule has 3 aromatic carbocycles. The molecule has 6 nitrogen and oxygen atoms in total. The molecule has 0 bridgehead atoms. The van der Waals surface area contributed by atoms with Crippen LogP contribution >= 0.6 is 11.8 Å². The highest BCUT2D eigenvalue weighted by Crippen LogP contribution is 2.30. The van der Waals surface area contributed by atoms with Crippen LogP contribution in [0.4, 0.5) is 21.9 Å². The third-order valence-electron chi connectivity index (χ3n) is 6.23. The topological polar surface area (TPSA) is 73.5 Å². The summed E-state index contributed by atoms with van der Waals surface area (Å²) >= 11 is 1.65. The van der Waals surface area contributed by atoms with Crippen LogP contribution in [0.1, 0.15) is 34.3 Å². The second-order valence-corrected chi connectivity index (χ2v) is 9.61. The minimum atomic E-state index is -0.342. The second kappa shape index (κ2) is 9.81. The zero-order chi connectivity index (χ0) is 23.5. The highest BCUT2D eigenvalue weighted by molar-refractivity contribution is 7.98. The Morgan fingerprint density at radius 2 is 1.62 bits per heavy atom. The summed E-state index contributed by atoms with van der Waals surface area (Å²) in [7, 11) is 0. The Hall–Kier alpha value is -3.45. The van der Waals surface area contributed by atoms with Crippen molar-refractivity contribution in [1.82, 2.24) is 5.32 Å². The van der Waals surface area contributed by atoms with E-state index in [1.54, 1.807) is 17.8 Å². The predicted molar refractivity (Wildman–Crippen MR) is 139 cm³/mol. The molecule has 174 valence electrons. The lowest BCUT2D eigenvalue weighted by atomic mass is 9.98. The smallest absolute Gasteiger partial charge is 0.323 e. The van der Waals surface area contributed by atoms with Gasteiger partial charge in [-0.15, -0.1) is 11.8 Å². The summed E-state index contributed by atoms with van der Waals surface area (Å²) in [6.07, 6.45) is 5.00. The molecule has 1 aliphatic heterocycles. The van der Waals surface area contributed by atoms with Gasteiger partial charge in [0.05, 0.1) is 5.56 Å². The lowest BCUT2D eigenvalue weighted by Crippen LogP contribution is -2.33. The van der Waals surface area contributed by atoms with E-state index >= 15 is 0 Å². The van der Waals surface area contributed by atoms with Gasteiger partial charge in [-0.2, -0.15) is 0 Å². The number of benzene rings is 3. The first-order valence-corrected chi connectivity index (χ1v) is 12.8. The summed E-state index contributed by atoms with van der Waals surface area (Å²) in [4.78, 5) is 29.1. The summed E-state index contributed by atoms with van der Waals surface area (Å²) in [5.41, 5.74) is 5.44. The fourth-order valence-electron chi connectivity index (χ4n) is 4.23. The Kier molecular flexibility index (Phi) is 6.45. The van der Waals surface area contributed by atoms with Gasteiger partial charge >= 0.3 is 6.03 Å². The molecule has 34 heavy (non-hydrogen) atoms. The van der Waals surface area contributed by atoms with Crippen molar-refractivity contribution in [2.24, 2.45) is 0 Å². The van der Waals surface area contributed by atoms with E-state index in [9.17, 15) is 9.59 Å². The average molecular weight is 473 g/mol. The number of nitrogens with zero attached hydrogens (tertiary/aromatic N) is 1. The molecule has 1 saturated carbocycles. The Bertz CT molecular complexity index is 1210. The molecule has 0 spiro atoms. The molecule has 3 N–H and O–H groups in total. The summed E-state index contributed by atoms with van der Waals surface area (Å²) in [6.45, 7) is 1.61. The fraction of sp³-hybridized carbons (Fsp3) is 0.259. The maximum atomic E-state index is 13.1. The number of carbonyl (C=O) groups excluding carboxylic acids is 2. The van der Waals surface area contributed by atoms with Crippen molar-refractivity contribution in [3.8, 4) is 0 Å². The summed E-state index contributed by atoms with van der Waals surface area (Å²) in [5, 5.41) is 8.83. The zero-order valence-corrected chi connectivity index (χ0v) is 20.0. The molecule has 1 aliphatic carbocycles. The first-order valence-electron chi connectivity index (χ1n) is 11.6. The van der Waals surface area contributed by atoms with Gasteiger partial charge in [0, 0.05) is 41.1 Å². The van der Waals surface area contributed by atoms with Crippen LogP contribution in [-0.4, -0.2) is 30.8 Å². The van der Waals surface area contributed by atoms with Gasteiger partial charge in [0.2, 0.25) is 0 Å². The Morgan fingerprint density at radius 3 is 2.35 bits per heavy atom. The number of hydrogen-bond acceptors (Lipinski definition) is 4. The number of amides is 3. The van der Waals surface area contributed by atoms with Crippen LogP contribution in [-0.2, 0) is 13.0 Å². The number of hydrogen-bond donors (Lipinski definition) is 3. The molecular formula is C27H28N4O2S. The van der Waals surface area contributed by atoms with E-state index in [1.165, 1.54) is 11.1 Å². The third kappa shape index (κ3) is 5.20. The molecule has 0 unspecified atom stereocenters. The van der Waals surface area contributed by atoms with Crippen LogP contribution in [0.5, 0.6) is 0 Å². The quantitative estimate of drug-likeness (QED) is 0.414. The van der Waals surface area contributed by atoms with Gasteiger partial charge in [0.15, 0.2) is 0 Å². The molecule has 0 atom stereocenters. The van der Waals surface area contributed by atoms with Crippen LogP contribution < -0.4 is 20.9 Å². The predicted octanol–water partition coefficient (Wildman–Crippen LogP) is 5.51. The monoisotopic (exact) mass is 472 g/mol. The number of anilines is 3. The number of carbonyl (C=O) groups is 2. The van der Waals surface area contributed by atoms with Gasteiger partial charge in [-0.05, 0) is 79.1 Å². The average Bonchev–Trinajstić information content (AvgIpc) is 3.68. The highest BCUT2D eigenvalue weighted by Gasteiger charge is 2.27. The lowest BCUT2D eigenvalue weighted by Gasteiger charge is -2.32. The molecular weight excluding hydrogens is 444 g/mol. The number of thioether (sulfide) groups is 1. The molecule has 7 heteroatoms. The highest BCUT2D eigenvalue weighted by atomic mass is 32.2. The normalized spacial score (nSPS) is 14.8. The van der Waals surface area contributed by atoms with Crippen molar-refractivity contribution in [2.45, 2.75) is 36.7 Å². The van der Waals surface area contributed by atoms with Crippen LogP contribution in [0, 0.1) is 0 Å². The minimum absolute atomic E-state index is 0.0897. The standard InChI is InChI=1S/C27H28N4O2S/c1-34-23-11-8-21(9-12-23)29-27(33)30-22-10-13-25(24(16-22)26(32)28-20-6-7-20)31-15-14-18-4-2-3-5-19(18)17-31/h2-5,8-13,16,20H,6-7,14-15,17H2,1H3,(H,28,32)(H2,29,30,33). The summed E-state index contributed by atoms with van der Waals surface area (Å²) in [6, 6.07) is 21.6. The second-order valence-electron chi connectivity index (χ2n) is 8.73. The fourth-order valence-corrected chi connectivity index (χ4v) is 4.64. The SMILES string of the molecule is CSc1ccc(NC(=O)Nc2ccc(N3CCc4ccccc4C3)c(C(=O)NC3CC3)c2)cc1.